The molecule has 0 fully saturated rings. The van der Waals surface area contributed by atoms with E-state index >= 15 is 0 Å². The lowest BCUT2D eigenvalue weighted by Crippen LogP contribution is -2.14. The molecule has 1 atom stereocenters. The van der Waals surface area contributed by atoms with Gasteiger partial charge in [0.15, 0.2) is 0 Å². The Bertz CT molecular complexity index is 868. The number of nitriles is 1. The van der Waals surface area contributed by atoms with E-state index in [2.05, 4.69) is 11.1 Å². The molecule has 3 aromatic rings. The van der Waals surface area contributed by atoms with Crippen molar-refractivity contribution in [1.82, 2.24) is 9.38 Å². The summed E-state index contributed by atoms with van der Waals surface area (Å²) in [6.07, 6.45) is 5.81. The van der Waals surface area contributed by atoms with Gasteiger partial charge in [-0.1, -0.05) is 11.6 Å². The van der Waals surface area contributed by atoms with Crippen molar-refractivity contribution in [3.8, 4) is 11.8 Å². The first-order chi connectivity index (χ1) is 11.2. The number of pyridine rings is 1. The third kappa shape index (κ3) is 3.29. The highest BCUT2D eigenvalue weighted by Crippen LogP contribution is 2.30. The number of fused-ring (bicyclic) bond motifs is 1. The predicted molar refractivity (Wildman–Crippen MR) is 88.4 cm³/mol. The van der Waals surface area contributed by atoms with Gasteiger partial charge in [0.1, 0.15) is 17.9 Å². The van der Waals surface area contributed by atoms with E-state index in [1.807, 2.05) is 22.7 Å². The van der Waals surface area contributed by atoms with Crippen molar-refractivity contribution in [2.75, 3.05) is 6.54 Å². The van der Waals surface area contributed by atoms with Crippen LogP contribution in [0.1, 0.15) is 23.7 Å². The third-order valence-corrected chi connectivity index (χ3v) is 3.81. The first kappa shape index (κ1) is 15.3. The summed E-state index contributed by atoms with van der Waals surface area (Å²) in [6, 6.07) is 11.1. The fraction of sp³-hybridized carbons (Fsp3) is 0.176. The Morgan fingerprint density at radius 1 is 1.35 bits per heavy atom. The van der Waals surface area contributed by atoms with E-state index in [9.17, 15) is 5.26 Å². The smallest absolute Gasteiger partial charge is 0.139 e. The largest absolute Gasteiger partial charge is 0.484 e. The number of benzene rings is 1. The van der Waals surface area contributed by atoms with E-state index in [1.54, 1.807) is 30.7 Å². The average Bonchev–Trinajstić information content (AvgIpc) is 3.02. The van der Waals surface area contributed by atoms with E-state index in [0.29, 0.717) is 29.3 Å². The Labute approximate surface area is 138 Å². The summed E-state index contributed by atoms with van der Waals surface area (Å²) >= 11 is 6.02. The highest BCUT2D eigenvalue weighted by Gasteiger charge is 2.16. The number of nitrogens with zero attached hydrogens (tertiary/aromatic N) is 3. The molecule has 6 heteroatoms. The zero-order chi connectivity index (χ0) is 16.2. The molecule has 0 bridgehead atoms. The lowest BCUT2D eigenvalue weighted by Gasteiger charge is -2.20. The molecule has 2 N–H and O–H groups in total. The predicted octanol–water partition coefficient (Wildman–Crippen LogP) is 3.33. The standard InChI is InChI=1S/C17H15ClN4O/c18-14-2-1-13(9-20)17(8-14)23-16(3-5-19)12-4-6-22-11-21-10-15(22)7-12/h1-2,4,6-8,10-11,16H,3,5,19H2. The van der Waals surface area contributed by atoms with Crippen molar-refractivity contribution in [3.63, 3.8) is 0 Å². The van der Waals surface area contributed by atoms with Crippen molar-refractivity contribution in [2.45, 2.75) is 12.5 Å². The molecule has 1 unspecified atom stereocenters. The highest BCUT2D eigenvalue weighted by atomic mass is 35.5. The topological polar surface area (TPSA) is 76.3 Å². The SMILES string of the molecule is N#Cc1ccc(Cl)cc1OC(CCN)c1ccn2cncc2c1. The number of nitrogens with two attached hydrogens (primary N) is 1. The first-order valence-electron chi connectivity index (χ1n) is 7.19. The number of ether oxygens (including phenoxy) is 1. The van der Waals surface area contributed by atoms with Gasteiger partial charge in [-0.05, 0) is 36.4 Å². The van der Waals surface area contributed by atoms with Crippen LogP contribution in [0.2, 0.25) is 5.02 Å². The number of hydrogen-bond acceptors (Lipinski definition) is 4. The first-order valence-corrected chi connectivity index (χ1v) is 7.57. The van der Waals surface area contributed by atoms with Crippen LogP contribution in [0.25, 0.3) is 5.52 Å². The van der Waals surface area contributed by atoms with Gasteiger partial charge in [0.25, 0.3) is 0 Å². The minimum absolute atomic E-state index is 0.259. The number of hydrogen-bond donors (Lipinski definition) is 1. The van der Waals surface area contributed by atoms with Gasteiger partial charge in [-0.3, -0.25) is 0 Å². The average molecular weight is 327 g/mol. The molecule has 0 aliphatic rings. The Morgan fingerprint density at radius 2 is 2.22 bits per heavy atom. The van der Waals surface area contributed by atoms with Crippen molar-refractivity contribution >= 4 is 17.1 Å². The molecule has 1 aromatic carbocycles. The quantitative estimate of drug-likeness (QED) is 0.780. The summed E-state index contributed by atoms with van der Waals surface area (Å²) in [5, 5.41) is 9.75. The monoisotopic (exact) mass is 326 g/mol. The van der Waals surface area contributed by atoms with Crippen molar-refractivity contribution in [2.24, 2.45) is 5.73 Å². The van der Waals surface area contributed by atoms with Crippen molar-refractivity contribution < 1.29 is 4.74 Å². The zero-order valence-electron chi connectivity index (χ0n) is 12.3. The van der Waals surface area contributed by atoms with Gasteiger partial charge in [-0.2, -0.15) is 5.26 Å². The lowest BCUT2D eigenvalue weighted by atomic mass is 10.1. The summed E-state index contributed by atoms with van der Waals surface area (Å²) in [6.45, 7) is 0.470. The van der Waals surface area contributed by atoms with Gasteiger partial charge in [0, 0.05) is 23.7 Å². The van der Waals surface area contributed by atoms with Gasteiger partial charge >= 0.3 is 0 Å². The minimum atomic E-state index is -0.259. The molecule has 3 rings (SSSR count). The van der Waals surface area contributed by atoms with E-state index in [1.165, 1.54) is 0 Å². The summed E-state index contributed by atoms with van der Waals surface area (Å²) in [5.41, 5.74) is 8.12. The van der Waals surface area contributed by atoms with E-state index < -0.39 is 0 Å². The fourth-order valence-electron chi connectivity index (χ4n) is 2.42. The highest BCUT2D eigenvalue weighted by molar-refractivity contribution is 6.30. The molecule has 0 spiro atoms. The van der Waals surface area contributed by atoms with Crippen LogP contribution in [-0.4, -0.2) is 15.9 Å². The molecule has 0 aliphatic heterocycles. The minimum Gasteiger partial charge on any atom is -0.484 e. The summed E-state index contributed by atoms with van der Waals surface area (Å²) in [7, 11) is 0. The van der Waals surface area contributed by atoms with Crippen LogP contribution < -0.4 is 10.5 Å². The van der Waals surface area contributed by atoms with Crippen LogP contribution in [0.4, 0.5) is 0 Å². The van der Waals surface area contributed by atoms with Gasteiger partial charge in [-0.25, -0.2) is 4.98 Å². The lowest BCUT2D eigenvalue weighted by molar-refractivity contribution is 0.197. The molecular formula is C17H15ClN4O. The Kier molecular flexibility index (Phi) is 4.47. The van der Waals surface area contributed by atoms with Crippen molar-refractivity contribution in [3.05, 3.63) is 65.2 Å². The van der Waals surface area contributed by atoms with Crippen LogP contribution in [0.5, 0.6) is 5.75 Å². The molecule has 116 valence electrons. The molecular weight excluding hydrogens is 312 g/mol. The number of rotatable bonds is 5. The van der Waals surface area contributed by atoms with Crippen molar-refractivity contribution in [1.29, 1.82) is 5.26 Å². The Hall–Kier alpha value is -2.55. The number of aromatic nitrogens is 2. The van der Waals surface area contributed by atoms with Crippen LogP contribution in [0.3, 0.4) is 0 Å². The maximum atomic E-state index is 9.23. The number of halogens is 1. The van der Waals surface area contributed by atoms with Crippen LogP contribution >= 0.6 is 11.6 Å². The maximum absolute atomic E-state index is 9.23. The normalized spacial score (nSPS) is 12.0. The summed E-state index contributed by atoms with van der Waals surface area (Å²) in [5.74, 6) is 0.465. The van der Waals surface area contributed by atoms with E-state index in [-0.39, 0.29) is 6.10 Å². The van der Waals surface area contributed by atoms with Crippen LogP contribution in [-0.2, 0) is 0 Å². The second-order valence-corrected chi connectivity index (χ2v) is 5.56. The van der Waals surface area contributed by atoms with Gasteiger partial charge in [-0.15, -0.1) is 0 Å². The van der Waals surface area contributed by atoms with Gasteiger partial charge < -0.3 is 14.9 Å². The van der Waals surface area contributed by atoms with E-state index in [4.69, 9.17) is 22.1 Å². The molecule has 5 nitrogen and oxygen atoms in total. The maximum Gasteiger partial charge on any atom is 0.139 e. The molecule has 2 heterocycles. The van der Waals surface area contributed by atoms with Gasteiger partial charge in [0.2, 0.25) is 0 Å². The Morgan fingerprint density at radius 3 is 3.00 bits per heavy atom. The molecule has 2 aromatic heterocycles. The summed E-state index contributed by atoms with van der Waals surface area (Å²) < 4.78 is 7.97. The fourth-order valence-corrected chi connectivity index (χ4v) is 2.58. The van der Waals surface area contributed by atoms with Crippen LogP contribution in [0, 0.1) is 11.3 Å². The molecule has 0 saturated carbocycles. The number of imidazole rings is 1. The second kappa shape index (κ2) is 6.69. The zero-order valence-corrected chi connectivity index (χ0v) is 13.1. The summed E-state index contributed by atoms with van der Waals surface area (Å²) in [4.78, 5) is 4.11. The molecule has 0 amide bonds. The Balaban J connectivity index is 1.95. The molecule has 0 radical (unpaired) electrons. The second-order valence-electron chi connectivity index (χ2n) is 5.12. The van der Waals surface area contributed by atoms with E-state index in [0.717, 1.165) is 11.1 Å². The molecule has 0 aliphatic carbocycles. The third-order valence-electron chi connectivity index (χ3n) is 3.57. The van der Waals surface area contributed by atoms with Crippen LogP contribution in [0.15, 0.2) is 49.1 Å². The molecule has 23 heavy (non-hydrogen) atoms. The molecule has 0 saturated heterocycles. The van der Waals surface area contributed by atoms with Gasteiger partial charge in [0.05, 0.1) is 23.6 Å².